The molecule has 1 unspecified atom stereocenters. The molecular formula is C25H31B4FN4O10. The van der Waals surface area contributed by atoms with Gasteiger partial charge >= 0.3 is 0 Å². The number of rotatable bonds is 6. The first kappa shape index (κ1) is 32.1. The smallest absolute Gasteiger partial charge is 0.281 e. The summed E-state index contributed by atoms with van der Waals surface area (Å²) in [7, 11) is 6.16. The molecule has 3 heterocycles. The third kappa shape index (κ3) is 4.75. The van der Waals surface area contributed by atoms with Crippen LogP contribution >= 0.6 is 0 Å². The predicted molar refractivity (Wildman–Crippen MR) is 160 cm³/mol. The average Bonchev–Trinajstić information content (AvgIpc) is 3.13. The quantitative estimate of drug-likeness (QED) is 0.0873. The summed E-state index contributed by atoms with van der Waals surface area (Å²) in [6.45, 7) is 0.741. The highest BCUT2D eigenvalue weighted by atomic mass is 19.1. The van der Waals surface area contributed by atoms with E-state index in [2.05, 4.69) is 10.6 Å². The molecule has 3 aliphatic heterocycles. The number of nitrogens with one attached hydrogen (secondary N) is 2. The summed E-state index contributed by atoms with van der Waals surface area (Å²) >= 11 is 0. The van der Waals surface area contributed by atoms with Crippen LogP contribution in [-0.4, -0.2) is 122 Å². The van der Waals surface area contributed by atoms with Crippen molar-refractivity contribution in [3.05, 3.63) is 64.5 Å². The Morgan fingerprint density at radius 1 is 1.00 bits per heavy atom. The second-order valence-corrected chi connectivity index (χ2v) is 12.3. The zero-order valence-corrected chi connectivity index (χ0v) is 24.5. The van der Waals surface area contributed by atoms with E-state index in [-0.39, 0.29) is 37.4 Å². The standard InChI is InChI=1S/C25H31B4FN4O10/c26-21(27)17(18(35)31-20(37)22(21,28)29)34-19(36)12-2-1-3-15(16(12)25(34,42)43)32-23(38,39)13-5-4-11(10-14(13)30)24(40,41)33-6-8-44-9-7-33/h1-5,10,17,32,38-43H,6-9,26-29H2,(H,31,35,37). The van der Waals surface area contributed by atoms with E-state index >= 15 is 4.39 Å². The maximum absolute atomic E-state index is 15.3. The lowest BCUT2D eigenvalue weighted by molar-refractivity contribution is -0.287. The summed E-state index contributed by atoms with van der Waals surface area (Å²) in [6.07, 6.45) is 0. The molecule has 0 aliphatic carbocycles. The van der Waals surface area contributed by atoms with E-state index in [0.717, 1.165) is 12.1 Å². The summed E-state index contributed by atoms with van der Waals surface area (Å²) in [6, 6.07) is 4.83. The molecule has 19 heteroatoms. The van der Waals surface area contributed by atoms with Gasteiger partial charge in [-0.3, -0.25) is 24.6 Å². The first-order chi connectivity index (χ1) is 20.3. The second-order valence-electron chi connectivity index (χ2n) is 12.3. The fraction of sp³-hybridized carbons (Fsp3) is 0.400. The SMILES string of the molecule is BC1(B)C(=O)NC(=O)C(N2C(=O)c3cccc(NC(O)(O)c4ccc(C(O)(O)N5CCOCC5)cc4F)c3C2(O)O)C1(B)B. The molecule has 230 valence electrons. The normalized spacial score (nSPS) is 23.3. The van der Waals surface area contributed by atoms with Crippen molar-refractivity contribution >= 4 is 54.8 Å². The number of piperidine rings is 1. The highest BCUT2D eigenvalue weighted by Gasteiger charge is 2.63. The summed E-state index contributed by atoms with van der Waals surface area (Å²) in [5.41, 5.74) is -2.33. The topological polar surface area (TPSA) is 212 Å². The summed E-state index contributed by atoms with van der Waals surface area (Å²) in [5, 5.41) is 67.9. The third-order valence-corrected chi connectivity index (χ3v) is 9.28. The maximum atomic E-state index is 15.3. The molecule has 8 N–H and O–H groups in total. The zero-order chi connectivity index (χ0) is 32.6. The summed E-state index contributed by atoms with van der Waals surface area (Å²) < 4.78 is 20.5. The number of ether oxygens (including phenoxy) is 1. The molecule has 0 saturated carbocycles. The fourth-order valence-electron chi connectivity index (χ4n) is 5.94. The van der Waals surface area contributed by atoms with E-state index in [1.807, 2.05) is 0 Å². The van der Waals surface area contributed by atoms with Crippen LogP contribution in [0.25, 0.3) is 0 Å². The number of carbonyl (C=O) groups is 3. The Bertz CT molecular complexity index is 1550. The monoisotopic (exact) mass is 610 g/mol. The summed E-state index contributed by atoms with van der Waals surface area (Å²) in [5.74, 6) is -12.8. The van der Waals surface area contributed by atoms with Crippen LogP contribution in [0.2, 0.25) is 10.4 Å². The lowest BCUT2D eigenvalue weighted by Gasteiger charge is -2.53. The minimum absolute atomic E-state index is 0.147. The second kappa shape index (κ2) is 10.4. The van der Waals surface area contributed by atoms with Crippen LogP contribution in [0.4, 0.5) is 10.1 Å². The first-order valence-electron chi connectivity index (χ1n) is 13.8. The number of anilines is 1. The van der Waals surface area contributed by atoms with Gasteiger partial charge in [-0.15, -0.1) is 0 Å². The van der Waals surface area contributed by atoms with Crippen molar-refractivity contribution in [2.24, 2.45) is 0 Å². The molecule has 3 aliphatic rings. The lowest BCUT2D eigenvalue weighted by atomic mass is 9.26. The molecule has 0 aromatic heterocycles. The van der Waals surface area contributed by atoms with Crippen molar-refractivity contribution in [3.63, 3.8) is 0 Å². The van der Waals surface area contributed by atoms with Crippen LogP contribution < -0.4 is 10.6 Å². The molecule has 0 radical (unpaired) electrons. The van der Waals surface area contributed by atoms with E-state index in [9.17, 15) is 45.0 Å². The Balaban J connectivity index is 1.49. The van der Waals surface area contributed by atoms with Gasteiger partial charge < -0.3 is 40.7 Å². The Labute approximate surface area is 254 Å². The number of hydrogen-bond acceptors (Lipinski definition) is 12. The molecule has 2 aromatic rings. The molecule has 0 spiro atoms. The van der Waals surface area contributed by atoms with Gasteiger partial charge in [0.05, 0.1) is 29.9 Å². The molecule has 3 amide bonds. The molecule has 2 aromatic carbocycles. The Kier molecular flexibility index (Phi) is 7.58. The molecule has 0 bridgehead atoms. The van der Waals surface area contributed by atoms with Gasteiger partial charge in [0, 0.05) is 24.3 Å². The zero-order valence-electron chi connectivity index (χ0n) is 24.5. The number of benzene rings is 2. The van der Waals surface area contributed by atoms with Gasteiger partial charge in [0.2, 0.25) is 11.8 Å². The van der Waals surface area contributed by atoms with Crippen LogP contribution in [0.1, 0.15) is 27.0 Å². The Hall–Kier alpha value is -3.28. The van der Waals surface area contributed by atoms with Gasteiger partial charge in [0.1, 0.15) is 43.2 Å². The molecule has 5 rings (SSSR count). The van der Waals surface area contributed by atoms with Crippen molar-refractivity contribution in [2.45, 2.75) is 34.2 Å². The van der Waals surface area contributed by atoms with Crippen LogP contribution in [0.3, 0.4) is 0 Å². The van der Waals surface area contributed by atoms with Gasteiger partial charge in [0.25, 0.3) is 23.6 Å². The van der Waals surface area contributed by atoms with Crippen molar-refractivity contribution in [2.75, 3.05) is 31.6 Å². The highest BCUT2D eigenvalue weighted by Crippen LogP contribution is 2.53. The highest BCUT2D eigenvalue weighted by molar-refractivity contribution is 6.63. The number of halogens is 1. The number of imide groups is 1. The van der Waals surface area contributed by atoms with E-state index in [4.69, 9.17) is 4.74 Å². The van der Waals surface area contributed by atoms with Crippen LogP contribution in [0.15, 0.2) is 36.4 Å². The molecule has 2 saturated heterocycles. The first-order valence-corrected chi connectivity index (χ1v) is 13.8. The Morgan fingerprint density at radius 3 is 2.25 bits per heavy atom. The largest absolute Gasteiger partial charge is 0.379 e. The average molecular weight is 610 g/mol. The number of morpholine rings is 1. The molecule has 1 atom stereocenters. The fourth-order valence-corrected chi connectivity index (χ4v) is 5.94. The van der Waals surface area contributed by atoms with Gasteiger partial charge in [-0.25, -0.2) is 9.29 Å². The number of fused-ring (bicyclic) bond motifs is 1. The van der Waals surface area contributed by atoms with Crippen molar-refractivity contribution in [3.8, 4) is 0 Å². The van der Waals surface area contributed by atoms with Crippen LogP contribution in [0, 0.1) is 5.82 Å². The summed E-state index contributed by atoms with van der Waals surface area (Å²) in [4.78, 5) is 41.1. The lowest BCUT2D eigenvalue weighted by Crippen LogP contribution is -2.69. The van der Waals surface area contributed by atoms with Gasteiger partial charge in [-0.05, 0) is 29.5 Å². The molecule has 44 heavy (non-hydrogen) atoms. The minimum Gasteiger partial charge on any atom is -0.379 e. The number of hydrogen-bond donors (Lipinski definition) is 8. The molecular weight excluding hydrogens is 579 g/mol. The predicted octanol–water partition coefficient (Wildman–Crippen LogP) is -6.20. The van der Waals surface area contributed by atoms with Crippen molar-refractivity contribution < 1.29 is 54.2 Å². The van der Waals surface area contributed by atoms with Gasteiger partial charge in [-0.2, -0.15) is 0 Å². The minimum atomic E-state index is -3.23. The molecule has 14 nitrogen and oxygen atoms in total. The number of amides is 3. The van der Waals surface area contributed by atoms with E-state index in [1.54, 1.807) is 15.7 Å². The number of nitrogens with zero attached hydrogens (tertiary/aromatic N) is 2. The van der Waals surface area contributed by atoms with Gasteiger partial charge in [0.15, 0.2) is 0 Å². The van der Waals surface area contributed by atoms with E-state index in [0.29, 0.717) is 11.0 Å². The number of carbonyl (C=O) groups excluding carboxylic acids is 3. The maximum Gasteiger partial charge on any atom is 0.281 e. The van der Waals surface area contributed by atoms with Crippen molar-refractivity contribution in [1.29, 1.82) is 0 Å². The van der Waals surface area contributed by atoms with Crippen molar-refractivity contribution in [1.82, 2.24) is 15.1 Å². The van der Waals surface area contributed by atoms with Crippen LogP contribution in [-0.2, 0) is 32.1 Å². The Morgan fingerprint density at radius 2 is 1.64 bits per heavy atom. The van der Waals surface area contributed by atoms with E-state index in [1.165, 1.54) is 38.8 Å². The van der Waals surface area contributed by atoms with Gasteiger partial charge in [-0.1, -0.05) is 17.3 Å². The van der Waals surface area contributed by atoms with E-state index < -0.39 is 74.6 Å². The molecule has 2 fully saturated rings. The number of aliphatic hydroxyl groups is 6. The van der Waals surface area contributed by atoms with Crippen LogP contribution in [0.5, 0.6) is 0 Å². The third-order valence-electron chi connectivity index (χ3n) is 9.28.